The molecule has 0 spiro atoms. The minimum atomic E-state index is -0.0821. The molecule has 0 amide bonds. The van der Waals surface area contributed by atoms with Gasteiger partial charge in [-0.2, -0.15) is 0 Å². The lowest BCUT2D eigenvalue weighted by molar-refractivity contribution is 0.721. The molecular weight excluding hydrogens is 396 g/mol. The van der Waals surface area contributed by atoms with Crippen LogP contribution in [-0.2, 0) is 20.6 Å². The maximum Gasteiger partial charge on any atom is 0.330 e. The highest BCUT2D eigenvalue weighted by Gasteiger charge is 2.15. The lowest BCUT2D eigenvalue weighted by Crippen LogP contribution is -2.23. The van der Waals surface area contributed by atoms with Crippen molar-refractivity contribution >= 4 is 28.0 Å². The summed E-state index contributed by atoms with van der Waals surface area (Å²) in [6, 6.07) is 8.08. The van der Waals surface area contributed by atoms with Crippen molar-refractivity contribution in [2.45, 2.75) is 6.54 Å². The smallest absolute Gasteiger partial charge is 0.330 e. The normalized spacial score (nSPS) is 11.4. The Hall–Kier alpha value is -2.61. The van der Waals surface area contributed by atoms with Crippen LogP contribution in [0.5, 0.6) is 0 Å². The molecule has 8 heteroatoms. The van der Waals surface area contributed by atoms with E-state index in [9.17, 15) is 4.79 Å². The molecule has 2 heterocycles. The van der Waals surface area contributed by atoms with Gasteiger partial charge in [-0.25, -0.2) is 9.78 Å². The van der Waals surface area contributed by atoms with Crippen molar-refractivity contribution in [1.29, 1.82) is 0 Å². The fourth-order valence-electron chi connectivity index (χ4n) is 3.00. The summed E-state index contributed by atoms with van der Waals surface area (Å²) >= 11 is 3.39. The molecular formula is C18H21BrN6O. The van der Waals surface area contributed by atoms with Crippen LogP contribution in [0.4, 0.5) is 5.82 Å². The molecule has 2 aromatic heterocycles. The zero-order valence-electron chi connectivity index (χ0n) is 15.2. The van der Waals surface area contributed by atoms with Crippen LogP contribution in [0, 0.1) is 0 Å². The Balaban J connectivity index is 1.94. The Labute approximate surface area is 160 Å². The van der Waals surface area contributed by atoms with Crippen LogP contribution < -0.4 is 11.0 Å². The number of aromatic nitrogens is 4. The first-order valence-electron chi connectivity index (χ1n) is 8.13. The average molecular weight is 417 g/mol. The number of hydrogen-bond acceptors (Lipinski definition) is 4. The van der Waals surface area contributed by atoms with E-state index in [4.69, 9.17) is 0 Å². The third-order valence-corrected chi connectivity index (χ3v) is 4.66. The third kappa shape index (κ3) is 3.24. The lowest BCUT2D eigenvalue weighted by atomic mass is 10.1. The highest BCUT2D eigenvalue weighted by Crippen LogP contribution is 2.22. The van der Waals surface area contributed by atoms with E-state index in [2.05, 4.69) is 31.2 Å². The van der Waals surface area contributed by atoms with Crippen molar-refractivity contribution in [3.8, 4) is 11.4 Å². The van der Waals surface area contributed by atoms with Gasteiger partial charge in [-0.1, -0.05) is 24.3 Å². The van der Waals surface area contributed by atoms with E-state index < -0.39 is 0 Å². The standard InChI is InChI=1S/C18H21BrN6O/c1-20-9-14-17(21-2)25(18(26)24(14)4)10-12-5-7-13(8-6-12)16-22-15(19)11-23(16)3/h5-9,11,21H,10H2,1-4H3. The van der Waals surface area contributed by atoms with Crippen LogP contribution >= 0.6 is 15.9 Å². The third-order valence-electron chi connectivity index (χ3n) is 4.28. The molecule has 26 heavy (non-hydrogen) atoms. The van der Waals surface area contributed by atoms with E-state index >= 15 is 0 Å². The molecule has 0 unspecified atom stereocenters. The molecule has 7 nitrogen and oxygen atoms in total. The Bertz CT molecular complexity index is 1010. The summed E-state index contributed by atoms with van der Waals surface area (Å²) in [6.45, 7) is 0.477. The summed E-state index contributed by atoms with van der Waals surface area (Å²) in [5, 5.41) is 3.11. The van der Waals surface area contributed by atoms with Crippen molar-refractivity contribution < 1.29 is 0 Å². The van der Waals surface area contributed by atoms with Crippen molar-refractivity contribution in [2.75, 3.05) is 19.4 Å². The molecule has 1 aromatic carbocycles. The Morgan fingerprint density at radius 2 is 1.96 bits per heavy atom. The summed E-state index contributed by atoms with van der Waals surface area (Å²) in [5.41, 5.74) is 2.73. The second kappa shape index (κ2) is 7.33. The van der Waals surface area contributed by atoms with Gasteiger partial charge in [0, 0.05) is 46.2 Å². The van der Waals surface area contributed by atoms with Crippen molar-refractivity contribution in [3.63, 3.8) is 0 Å². The number of imidazole rings is 2. The van der Waals surface area contributed by atoms with E-state index in [0.29, 0.717) is 6.54 Å². The fraction of sp³-hybridized carbons (Fsp3) is 0.278. The van der Waals surface area contributed by atoms with Gasteiger partial charge in [-0.15, -0.1) is 0 Å². The summed E-state index contributed by atoms with van der Waals surface area (Å²) in [5.74, 6) is 1.64. The van der Waals surface area contributed by atoms with Crippen LogP contribution in [0.25, 0.3) is 11.4 Å². The predicted octanol–water partition coefficient (Wildman–Crippen LogP) is 2.49. The van der Waals surface area contributed by atoms with Crippen LogP contribution in [0.3, 0.4) is 0 Å². The molecule has 136 valence electrons. The number of nitrogens with zero attached hydrogens (tertiary/aromatic N) is 5. The minimum Gasteiger partial charge on any atom is -0.373 e. The average Bonchev–Trinajstić information content (AvgIpc) is 3.07. The highest BCUT2D eigenvalue weighted by atomic mass is 79.9. The second-order valence-electron chi connectivity index (χ2n) is 5.99. The molecule has 0 bridgehead atoms. The van der Waals surface area contributed by atoms with Crippen molar-refractivity contribution in [2.24, 2.45) is 19.1 Å². The fourth-order valence-corrected chi connectivity index (χ4v) is 3.47. The molecule has 0 radical (unpaired) electrons. The van der Waals surface area contributed by atoms with Gasteiger partial charge in [0.2, 0.25) is 0 Å². The van der Waals surface area contributed by atoms with Crippen LogP contribution in [0.1, 0.15) is 11.3 Å². The maximum atomic E-state index is 12.6. The molecule has 0 aliphatic heterocycles. The number of aliphatic imine (C=N–C) groups is 1. The zero-order chi connectivity index (χ0) is 18.8. The number of hydrogen-bond donors (Lipinski definition) is 1. The largest absolute Gasteiger partial charge is 0.373 e. The zero-order valence-corrected chi connectivity index (χ0v) is 16.8. The first-order valence-corrected chi connectivity index (χ1v) is 8.93. The Morgan fingerprint density at radius 3 is 2.50 bits per heavy atom. The number of nitrogens with one attached hydrogen (secondary N) is 1. The van der Waals surface area contributed by atoms with E-state index in [1.54, 1.807) is 36.5 Å². The van der Waals surface area contributed by atoms with Gasteiger partial charge in [-0.3, -0.25) is 14.1 Å². The highest BCUT2D eigenvalue weighted by molar-refractivity contribution is 9.10. The van der Waals surface area contributed by atoms with E-state index in [-0.39, 0.29) is 5.69 Å². The monoisotopic (exact) mass is 416 g/mol. The summed E-state index contributed by atoms with van der Waals surface area (Å²) < 4.78 is 6.08. The SMILES string of the molecule is CN=Cc1c(NC)n(Cc2ccc(-c3nc(Br)cn3C)cc2)c(=O)n1C. The van der Waals surface area contributed by atoms with Gasteiger partial charge < -0.3 is 9.88 Å². The van der Waals surface area contributed by atoms with Crippen molar-refractivity contribution in [1.82, 2.24) is 18.7 Å². The van der Waals surface area contributed by atoms with Gasteiger partial charge in [0.1, 0.15) is 21.9 Å². The molecule has 3 aromatic rings. The minimum absolute atomic E-state index is 0.0821. The lowest BCUT2D eigenvalue weighted by Gasteiger charge is -2.08. The first-order chi connectivity index (χ1) is 12.5. The topological polar surface area (TPSA) is 69.1 Å². The molecule has 0 atom stereocenters. The van der Waals surface area contributed by atoms with E-state index in [0.717, 1.165) is 33.1 Å². The molecule has 3 rings (SSSR count). The predicted molar refractivity (Wildman–Crippen MR) is 108 cm³/mol. The van der Waals surface area contributed by atoms with Gasteiger partial charge >= 0.3 is 5.69 Å². The molecule has 0 saturated carbocycles. The molecule has 0 aliphatic carbocycles. The van der Waals surface area contributed by atoms with Crippen LogP contribution in [0.15, 0.2) is 44.9 Å². The Morgan fingerprint density at radius 1 is 1.27 bits per heavy atom. The summed E-state index contributed by atoms with van der Waals surface area (Å²) in [7, 11) is 7.20. The number of halogens is 1. The van der Waals surface area contributed by atoms with Gasteiger partial charge in [0.15, 0.2) is 0 Å². The number of rotatable bonds is 5. The van der Waals surface area contributed by atoms with E-state index in [1.165, 1.54) is 0 Å². The molecule has 0 fully saturated rings. The van der Waals surface area contributed by atoms with E-state index in [1.807, 2.05) is 42.1 Å². The first kappa shape index (κ1) is 18.2. The Kier molecular flexibility index (Phi) is 5.13. The van der Waals surface area contributed by atoms with Crippen LogP contribution in [-0.4, -0.2) is 39.0 Å². The number of aryl methyl sites for hydroxylation is 1. The maximum absolute atomic E-state index is 12.6. The van der Waals surface area contributed by atoms with Gasteiger partial charge in [-0.05, 0) is 21.5 Å². The summed E-state index contributed by atoms with van der Waals surface area (Å²) in [4.78, 5) is 21.1. The van der Waals surface area contributed by atoms with Gasteiger partial charge in [0.05, 0.1) is 6.54 Å². The quantitative estimate of drug-likeness (QED) is 0.649. The van der Waals surface area contributed by atoms with Crippen LogP contribution in [0.2, 0.25) is 0 Å². The van der Waals surface area contributed by atoms with Crippen molar-refractivity contribution in [3.05, 3.63) is 56.8 Å². The molecule has 0 saturated heterocycles. The number of benzene rings is 1. The molecule has 0 aliphatic rings. The second-order valence-corrected chi connectivity index (χ2v) is 6.81. The summed E-state index contributed by atoms with van der Waals surface area (Å²) in [6.07, 6.45) is 3.61. The van der Waals surface area contributed by atoms with Gasteiger partial charge in [0.25, 0.3) is 0 Å². The molecule has 1 N–H and O–H groups in total. The number of anilines is 1.